The highest BCUT2D eigenvalue weighted by Gasteiger charge is 2.28. The molecule has 110 valence electrons. The smallest absolute Gasteiger partial charge is 0.272 e. The van der Waals surface area contributed by atoms with Crippen molar-refractivity contribution in [3.05, 3.63) is 24.0 Å². The summed E-state index contributed by atoms with van der Waals surface area (Å²) < 4.78 is 0. The Hall–Kier alpha value is -1.62. The van der Waals surface area contributed by atoms with Crippen LogP contribution in [0.1, 0.15) is 37.2 Å². The van der Waals surface area contributed by atoms with Crippen molar-refractivity contribution in [2.45, 2.75) is 32.8 Å². The summed E-state index contributed by atoms with van der Waals surface area (Å²) in [4.78, 5) is 18.2. The van der Waals surface area contributed by atoms with Gasteiger partial charge in [-0.1, -0.05) is 13.8 Å². The number of rotatable bonds is 4. The molecule has 0 aliphatic carbocycles. The van der Waals surface area contributed by atoms with Crippen LogP contribution < -0.4 is 5.32 Å². The quantitative estimate of drug-likeness (QED) is 0.880. The Balaban J connectivity index is 1.98. The monoisotopic (exact) mass is 277 g/mol. The Bertz CT molecular complexity index is 447. The summed E-state index contributed by atoms with van der Waals surface area (Å²) in [5.41, 5.74) is 1.37. The molecular weight excluding hydrogens is 254 g/mol. The maximum absolute atomic E-state index is 12.3. The lowest BCUT2D eigenvalue weighted by Gasteiger charge is -2.34. The zero-order valence-electron chi connectivity index (χ0n) is 12.2. The van der Waals surface area contributed by atoms with Crippen LogP contribution in [-0.2, 0) is 0 Å². The van der Waals surface area contributed by atoms with E-state index in [4.69, 9.17) is 0 Å². The number of anilines is 1. The molecule has 2 heterocycles. The number of β-amino-alcohol motifs (C(OH)–C–C–N with tert-alkyl or cyclic N) is 1. The number of piperidine rings is 1. The van der Waals surface area contributed by atoms with E-state index in [0.29, 0.717) is 18.8 Å². The molecule has 1 aromatic heterocycles. The highest BCUT2D eigenvalue weighted by atomic mass is 16.3. The topological polar surface area (TPSA) is 65.5 Å². The van der Waals surface area contributed by atoms with Crippen molar-refractivity contribution < 1.29 is 9.90 Å². The molecule has 1 saturated heterocycles. The van der Waals surface area contributed by atoms with Crippen molar-refractivity contribution in [3.8, 4) is 0 Å². The Morgan fingerprint density at radius 1 is 1.55 bits per heavy atom. The van der Waals surface area contributed by atoms with Crippen molar-refractivity contribution in [1.82, 2.24) is 9.88 Å². The molecule has 1 aromatic rings. The number of aliphatic hydroxyl groups is 1. The summed E-state index contributed by atoms with van der Waals surface area (Å²) in [5.74, 6) is 0.158. The minimum absolute atomic E-state index is 0.0991. The van der Waals surface area contributed by atoms with Gasteiger partial charge in [0.25, 0.3) is 5.91 Å². The lowest BCUT2D eigenvalue weighted by atomic mass is 9.96. The van der Waals surface area contributed by atoms with E-state index in [0.717, 1.165) is 25.1 Å². The minimum Gasteiger partial charge on any atom is -0.391 e. The molecule has 20 heavy (non-hydrogen) atoms. The number of likely N-dealkylation sites (tertiary alicyclic amines) is 1. The highest BCUT2D eigenvalue weighted by Crippen LogP contribution is 2.18. The zero-order chi connectivity index (χ0) is 14.5. The van der Waals surface area contributed by atoms with Crippen molar-refractivity contribution in [3.63, 3.8) is 0 Å². The summed E-state index contributed by atoms with van der Waals surface area (Å²) >= 11 is 0. The van der Waals surface area contributed by atoms with Gasteiger partial charge in [-0.3, -0.25) is 4.79 Å². The largest absolute Gasteiger partial charge is 0.391 e. The first-order chi connectivity index (χ1) is 9.61. The maximum Gasteiger partial charge on any atom is 0.272 e. The molecule has 2 unspecified atom stereocenters. The second-order valence-electron chi connectivity index (χ2n) is 5.44. The number of pyridine rings is 1. The Labute approximate surface area is 120 Å². The maximum atomic E-state index is 12.3. The van der Waals surface area contributed by atoms with Gasteiger partial charge in [-0.15, -0.1) is 0 Å². The van der Waals surface area contributed by atoms with Gasteiger partial charge in [-0.25, -0.2) is 4.98 Å². The van der Waals surface area contributed by atoms with Gasteiger partial charge in [-0.2, -0.15) is 0 Å². The first-order valence-corrected chi connectivity index (χ1v) is 7.29. The number of nitrogens with zero attached hydrogens (tertiary/aromatic N) is 2. The van der Waals surface area contributed by atoms with Crippen molar-refractivity contribution in [2.75, 3.05) is 25.0 Å². The van der Waals surface area contributed by atoms with Crippen LogP contribution in [0.2, 0.25) is 0 Å². The molecule has 1 aliphatic rings. The number of hydrogen-bond acceptors (Lipinski definition) is 4. The Morgan fingerprint density at radius 2 is 2.35 bits per heavy atom. The molecule has 1 fully saturated rings. The lowest BCUT2D eigenvalue weighted by Crippen LogP contribution is -2.46. The molecule has 1 aliphatic heterocycles. The fourth-order valence-electron chi connectivity index (χ4n) is 2.29. The fourth-order valence-corrected chi connectivity index (χ4v) is 2.29. The second kappa shape index (κ2) is 6.70. The minimum atomic E-state index is -0.432. The van der Waals surface area contributed by atoms with Crippen LogP contribution in [0.3, 0.4) is 0 Å². The molecule has 0 aromatic carbocycles. The normalized spacial score (nSPS) is 22.6. The number of aliphatic hydroxyl groups excluding tert-OH is 1. The van der Waals surface area contributed by atoms with E-state index in [1.807, 2.05) is 13.0 Å². The predicted molar refractivity (Wildman–Crippen MR) is 78.7 cm³/mol. The highest BCUT2D eigenvalue weighted by molar-refractivity contribution is 5.92. The number of amides is 1. The van der Waals surface area contributed by atoms with Gasteiger partial charge in [0.1, 0.15) is 5.69 Å². The second-order valence-corrected chi connectivity index (χ2v) is 5.44. The fraction of sp³-hybridized carbons (Fsp3) is 0.600. The van der Waals surface area contributed by atoms with Crippen LogP contribution in [0.15, 0.2) is 18.3 Å². The number of nitrogens with one attached hydrogen (secondary N) is 1. The molecule has 0 spiro atoms. The molecule has 0 bridgehead atoms. The van der Waals surface area contributed by atoms with Gasteiger partial charge in [0, 0.05) is 19.6 Å². The van der Waals surface area contributed by atoms with Gasteiger partial charge in [0.05, 0.1) is 18.0 Å². The van der Waals surface area contributed by atoms with Gasteiger partial charge in [0.2, 0.25) is 0 Å². The third-order valence-corrected chi connectivity index (χ3v) is 3.77. The number of carbonyl (C=O) groups is 1. The Kier molecular flexibility index (Phi) is 4.95. The number of hydrogen-bond donors (Lipinski definition) is 2. The zero-order valence-corrected chi connectivity index (χ0v) is 12.2. The summed E-state index contributed by atoms with van der Waals surface area (Å²) in [7, 11) is 0. The summed E-state index contributed by atoms with van der Waals surface area (Å²) in [6.45, 7) is 6.09. The van der Waals surface area contributed by atoms with Crippen molar-refractivity contribution in [2.24, 2.45) is 5.92 Å². The van der Waals surface area contributed by atoms with Gasteiger partial charge in [0.15, 0.2) is 0 Å². The molecule has 2 atom stereocenters. The van der Waals surface area contributed by atoms with Crippen LogP contribution in [0, 0.1) is 5.92 Å². The van der Waals surface area contributed by atoms with Crippen LogP contribution in [0.25, 0.3) is 0 Å². The SMILES string of the molecule is CCCNc1ccc(C(=O)N2CCC(C)C(O)C2)nc1. The average molecular weight is 277 g/mol. The van der Waals surface area contributed by atoms with Crippen LogP contribution in [0.5, 0.6) is 0 Å². The van der Waals surface area contributed by atoms with Crippen molar-refractivity contribution >= 4 is 11.6 Å². The lowest BCUT2D eigenvalue weighted by molar-refractivity contribution is 0.0245. The van der Waals surface area contributed by atoms with Gasteiger partial charge >= 0.3 is 0 Å². The standard InChI is InChI=1S/C15H23N3O2/c1-3-7-16-12-4-5-13(17-9-12)15(20)18-8-6-11(2)14(19)10-18/h4-5,9,11,14,16,19H,3,6-8,10H2,1-2H3. The van der Waals surface area contributed by atoms with E-state index < -0.39 is 6.10 Å². The molecule has 5 heteroatoms. The number of carbonyl (C=O) groups excluding carboxylic acids is 1. The van der Waals surface area contributed by atoms with E-state index in [2.05, 4.69) is 17.2 Å². The average Bonchev–Trinajstić information content (AvgIpc) is 2.48. The van der Waals surface area contributed by atoms with E-state index in [-0.39, 0.29) is 11.8 Å². The summed E-state index contributed by atoms with van der Waals surface area (Å²) in [6, 6.07) is 3.61. The molecule has 2 rings (SSSR count). The van der Waals surface area contributed by atoms with E-state index >= 15 is 0 Å². The van der Waals surface area contributed by atoms with Crippen LogP contribution >= 0.6 is 0 Å². The molecule has 2 N–H and O–H groups in total. The predicted octanol–water partition coefficient (Wildman–Crippen LogP) is 1.75. The van der Waals surface area contributed by atoms with E-state index in [1.54, 1.807) is 17.2 Å². The van der Waals surface area contributed by atoms with Crippen LogP contribution in [-0.4, -0.2) is 46.6 Å². The Morgan fingerprint density at radius 3 is 2.95 bits per heavy atom. The molecule has 5 nitrogen and oxygen atoms in total. The van der Waals surface area contributed by atoms with Crippen molar-refractivity contribution in [1.29, 1.82) is 0 Å². The summed E-state index contributed by atoms with van der Waals surface area (Å²) in [5, 5.41) is 13.1. The molecular formula is C15H23N3O2. The van der Waals surface area contributed by atoms with Gasteiger partial charge in [-0.05, 0) is 30.9 Å². The number of aromatic nitrogens is 1. The van der Waals surface area contributed by atoms with Gasteiger partial charge < -0.3 is 15.3 Å². The van der Waals surface area contributed by atoms with E-state index in [9.17, 15) is 9.90 Å². The third-order valence-electron chi connectivity index (χ3n) is 3.77. The first kappa shape index (κ1) is 14.8. The van der Waals surface area contributed by atoms with Crippen LogP contribution in [0.4, 0.5) is 5.69 Å². The molecule has 0 radical (unpaired) electrons. The summed E-state index contributed by atoms with van der Waals surface area (Å²) in [6.07, 6.45) is 3.14. The van der Waals surface area contributed by atoms with E-state index in [1.165, 1.54) is 0 Å². The first-order valence-electron chi connectivity index (χ1n) is 7.29. The molecule has 1 amide bonds. The molecule has 0 saturated carbocycles. The third kappa shape index (κ3) is 3.48.